The first-order valence-electron chi connectivity index (χ1n) is 8.76. The van der Waals surface area contributed by atoms with Crippen LogP contribution in [0.15, 0.2) is 73.4 Å². The molecule has 0 spiro atoms. The van der Waals surface area contributed by atoms with E-state index in [9.17, 15) is 0 Å². The minimum absolute atomic E-state index is 0.0859. The third-order valence-electron chi connectivity index (χ3n) is 4.70. The van der Waals surface area contributed by atoms with E-state index in [4.69, 9.17) is 9.97 Å². The fourth-order valence-corrected chi connectivity index (χ4v) is 3.31. The average molecular weight is 352 g/mol. The van der Waals surface area contributed by atoms with Crippen LogP contribution in [0.2, 0.25) is 0 Å². The third kappa shape index (κ3) is 2.62. The van der Waals surface area contributed by atoms with Crippen LogP contribution in [0, 0.1) is 0 Å². The molecule has 1 unspecified atom stereocenters. The van der Waals surface area contributed by atoms with Crippen LogP contribution in [0.1, 0.15) is 18.7 Å². The summed E-state index contributed by atoms with van der Waals surface area (Å²) in [7, 11) is 0. The molecule has 130 valence electrons. The summed E-state index contributed by atoms with van der Waals surface area (Å²) in [6.45, 7) is 2.09. The minimum atomic E-state index is -0.0859. The second kappa shape index (κ2) is 6.25. The molecule has 0 fully saturated rings. The van der Waals surface area contributed by atoms with Crippen LogP contribution >= 0.6 is 0 Å². The standard InChI is InChI=1S/C21H16N6/c1-14(27-13-24-18-11-22-12-23-21(18)27)19-20(15-7-3-2-4-8-15)26-17-10-6-5-9-16(17)25-19/h2-14H,1H3. The predicted octanol–water partition coefficient (Wildman–Crippen LogP) is 4.05. The number of nitrogens with zero attached hydrogens (tertiary/aromatic N) is 6. The zero-order valence-electron chi connectivity index (χ0n) is 14.7. The number of hydrogen-bond donors (Lipinski definition) is 0. The SMILES string of the molecule is CC(c1nc2ccccc2nc1-c1ccccc1)n1cnc2cncnc21. The first-order valence-corrected chi connectivity index (χ1v) is 8.76. The van der Waals surface area contributed by atoms with E-state index in [0.717, 1.165) is 39.1 Å². The van der Waals surface area contributed by atoms with E-state index >= 15 is 0 Å². The van der Waals surface area contributed by atoms with Gasteiger partial charge in [-0.15, -0.1) is 0 Å². The molecule has 0 aliphatic carbocycles. The first kappa shape index (κ1) is 15.6. The molecule has 2 aromatic carbocycles. The summed E-state index contributed by atoms with van der Waals surface area (Å²) in [6, 6.07) is 18.0. The molecule has 0 aliphatic rings. The monoisotopic (exact) mass is 352 g/mol. The lowest BCUT2D eigenvalue weighted by Gasteiger charge is -2.17. The van der Waals surface area contributed by atoms with Gasteiger partial charge in [0.1, 0.15) is 11.8 Å². The highest BCUT2D eigenvalue weighted by atomic mass is 15.1. The van der Waals surface area contributed by atoms with Gasteiger partial charge >= 0.3 is 0 Å². The summed E-state index contributed by atoms with van der Waals surface area (Å²) in [6.07, 6.45) is 5.04. The molecule has 0 N–H and O–H groups in total. The highest BCUT2D eigenvalue weighted by Gasteiger charge is 2.20. The lowest BCUT2D eigenvalue weighted by molar-refractivity contribution is 0.634. The van der Waals surface area contributed by atoms with E-state index in [1.54, 1.807) is 12.5 Å². The van der Waals surface area contributed by atoms with Crippen LogP contribution in [0.3, 0.4) is 0 Å². The van der Waals surface area contributed by atoms with Crippen LogP contribution in [0.5, 0.6) is 0 Å². The van der Waals surface area contributed by atoms with Crippen molar-refractivity contribution in [2.45, 2.75) is 13.0 Å². The van der Waals surface area contributed by atoms with Crippen molar-refractivity contribution in [3.8, 4) is 11.3 Å². The largest absolute Gasteiger partial charge is 0.306 e. The van der Waals surface area contributed by atoms with Crippen molar-refractivity contribution < 1.29 is 0 Å². The van der Waals surface area contributed by atoms with Crippen molar-refractivity contribution in [3.63, 3.8) is 0 Å². The number of aromatic nitrogens is 6. The number of fused-ring (bicyclic) bond motifs is 2. The Balaban J connectivity index is 1.76. The molecule has 5 rings (SSSR count). The van der Waals surface area contributed by atoms with Gasteiger partial charge in [0.05, 0.1) is 41.0 Å². The third-order valence-corrected chi connectivity index (χ3v) is 4.70. The van der Waals surface area contributed by atoms with E-state index in [1.807, 2.05) is 47.0 Å². The van der Waals surface area contributed by atoms with Crippen molar-refractivity contribution >= 4 is 22.2 Å². The molecule has 27 heavy (non-hydrogen) atoms. The maximum atomic E-state index is 4.96. The Hall–Kier alpha value is -3.67. The van der Waals surface area contributed by atoms with Gasteiger partial charge in [-0.2, -0.15) is 0 Å². The average Bonchev–Trinajstić information content (AvgIpc) is 3.17. The molecular weight excluding hydrogens is 336 g/mol. The van der Waals surface area contributed by atoms with Gasteiger partial charge < -0.3 is 4.57 Å². The van der Waals surface area contributed by atoms with Gasteiger partial charge in [0.2, 0.25) is 0 Å². The maximum absolute atomic E-state index is 4.96. The van der Waals surface area contributed by atoms with E-state index in [-0.39, 0.29) is 6.04 Å². The summed E-state index contributed by atoms with van der Waals surface area (Å²) in [5.41, 5.74) is 6.10. The van der Waals surface area contributed by atoms with Crippen LogP contribution in [-0.2, 0) is 0 Å². The number of benzene rings is 2. The number of rotatable bonds is 3. The molecule has 6 heteroatoms. The normalized spacial score (nSPS) is 12.5. The lowest BCUT2D eigenvalue weighted by Crippen LogP contribution is -2.11. The molecule has 1 atom stereocenters. The highest BCUT2D eigenvalue weighted by Crippen LogP contribution is 2.30. The van der Waals surface area contributed by atoms with Gasteiger partial charge in [-0.1, -0.05) is 42.5 Å². The second-order valence-corrected chi connectivity index (χ2v) is 6.37. The van der Waals surface area contributed by atoms with E-state index < -0.39 is 0 Å². The van der Waals surface area contributed by atoms with Crippen molar-refractivity contribution in [2.24, 2.45) is 0 Å². The zero-order chi connectivity index (χ0) is 18.2. The molecule has 0 radical (unpaired) electrons. The summed E-state index contributed by atoms with van der Waals surface area (Å²) in [4.78, 5) is 22.8. The zero-order valence-corrected chi connectivity index (χ0v) is 14.7. The van der Waals surface area contributed by atoms with Crippen LogP contribution in [-0.4, -0.2) is 29.5 Å². The highest BCUT2D eigenvalue weighted by molar-refractivity contribution is 5.79. The molecule has 0 amide bonds. The van der Waals surface area contributed by atoms with E-state index in [2.05, 4.69) is 34.0 Å². The number of para-hydroxylation sites is 2. The second-order valence-electron chi connectivity index (χ2n) is 6.37. The van der Waals surface area contributed by atoms with Gasteiger partial charge in [0.15, 0.2) is 5.65 Å². The summed E-state index contributed by atoms with van der Waals surface area (Å²) >= 11 is 0. The molecule has 0 saturated carbocycles. The van der Waals surface area contributed by atoms with Crippen LogP contribution < -0.4 is 0 Å². The predicted molar refractivity (Wildman–Crippen MR) is 104 cm³/mol. The Morgan fingerprint density at radius 3 is 2.37 bits per heavy atom. The van der Waals surface area contributed by atoms with Gasteiger partial charge in [-0.05, 0) is 19.1 Å². The van der Waals surface area contributed by atoms with Crippen LogP contribution in [0.25, 0.3) is 33.5 Å². The Bertz CT molecular complexity index is 1250. The van der Waals surface area contributed by atoms with E-state index in [1.165, 1.54) is 6.33 Å². The van der Waals surface area contributed by atoms with Crippen molar-refractivity contribution in [1.29, 1.82) is 0 Å². The topological polar surface area (TPSA) is 69.4 Å². The summed E-state index contributed by atoms with van der Waals surface area (Å²) in [5.74, 6) is 0. The summed E-state index contributed by atoms with van der Waals surface area (Å²) < 4.78 is 2.02. The molecule has 5 aromatic rings. The van der Waals surface area contributed by atoms with Gasteiger partial charge in [-0.25, -0.2) is 24.9 Å². The quantitative estimate of drug-likeness (QED) is 0.490. The molecule has 0 saturated heterocycles. The molecule has 3 heterocycles. The smallest absolute Gasteiger partial charge is 0.163 e. The Labute approximate surface area is 155 Å². The van der Waals surface area contributed by atoms with Crippen molar-refractivity contribution in [1.82, 2.24) is 29.5 Å². The Kier molecular flexibility index (Phi) is 3.60. The van der Waals surface area contributed by atoms with Gasteiger partial charge in [0.25, 0.3) is 0 Å². The minimum Gasteiger partial charge on any atom is -0.306 e. The fraction of sp³-hybridized carbons (Fsp3) is 0.0952. The van der Waals surface area contributed by atoms with Crippen molar-refractivity contribution in [2.75, 3.05) is 0 Å². The number of hydrogen-bond acceptors (Lipinski definition) is 5. The Morgan fingerprint density at radius 2 is 1.56 bits per heavy atom. The lowest BCUT2D eigenvalue weighted by atomic mass is 10.0. The fourth-order valence-electron chi connectivity index (χ4n) is 3.31. The van der Waals surface area contributed by atoms with Crippen LogP contribution in [0.4, 0.5) is 0 Å². The van der Waals surface area contributed by atoms with E-state index in [0.29, 0.717) is 0 Å². The van der Waals surface area contributed by atoms with Gasteiger partial charge in [-0.3, -0.25) is 0 Å². The Morgan fingerprint density at radius 1 is 0.815 bits per heavy atom. The summed E-state index contributed by atoms with van der Waals surface area (Å²) in [5, 5.41) is 0. The first-order chi connectivity index (χ1) is 13.3. The molecule has 0 aliphatic heterocycles. The molecule has 3 aromatic heterocycles. The molecule has 6 nitrogen and oxygen atoms in total. The number of imidazole rings is 1. The van der Waals surface area contributed by atoms with Crippen molar-refractivity contribution in [3.05, 3.63) is 79.1 Å². The molecular formula is C21H16N6. The van der Waals surface area contributed by atoms with Gasteiger partial charge in [0, 0.05) is 5.56 Å². The maximum Gasteiger partial charge on any atom is 0.163 e. The molecule has 0 bridgehead atoms.